The molecule has 1 amide bonds. The average Bonchev–Trinajstić information content (AvgIpc) is 3.01. The number of amides is 1. The van der Waals surface area contributed by atoms with Crippen LogP contribution in [0.2, 0.25) is 0 Å². The van der Waals surface area contributed by atoms with Gasteiger partial charge in [0.05, 0.1) is 11.3 Å². The van der Waals surface area contributed by atoms with Crippen molar-refractivity contribution < 1.29 is 13.2 Å². The Kier molecular flexibility index (Phi) is 5.66. The molecule has 9 heteroatoms. The molecule has 8 nitrogen and oxygen atoms in total. The summed E-state index contributed by atoms with van der Waals surface area (Å²) < 4.78 is 26.8. The van der Waals surface area contributed by atoms with Gasteiger partial charge in [0.15, 0.2) is 0 Å². The lowest BCUT2D eigenvalue weighted by Crippen LogP contribution is -2.38. The summed E-state index contributed by atoms with van der Waals surface area (Å²) in [4.78, 5) is 21.1. The normalized spacial score (nSPS) is 21.0. The molecule has 0 spiro atoms. The van der Waals surface area contributed by atoms with Gasteiger partial charge in [-0.05, 0) is 36.6 Å². The second-order valence-corrected chi connectivity index (χ2v) is 9.21. The SMILES string of the molecule is O=C(NCc1ccc(N2CCCCCC2)nc1)C1=CN2CCS(=O)(=O)N=C2C=C1. The fraction of sp³-hybridized carbons (Fsp3) is 0.450. The molecule has 3 aliphatic heterocycles. The molecule has 0 saturated carbocycles. The van der Waals surface area contributed by atoms with Crippen LogP contribution in [0.5, 0.6) is 0 Å². The third-order valence-corrected chi connectivity index (χ3v) is 6.44. The number of pyridine rings is 1. The van der Waals surface area contributed by atoms with Crippen LogP contribution in [0.3, 0.4) is 0 Å². The van der Waals surface area contributed by atoms with Crippen molar-refractivity contribution in [3.05, 3.63) is 47.8 Å². The Balaban J connectivity index is 1.34. The summed E-state index contributed by atoms with van der Waals surface area (Å²) in [5.41, 5.74) is 1.40. The van der Waals surface area contributed by atoms with Crippen LogP contribution < -0.4 is 10.2 Å². The monoisotopic (exact) mass is 415 g/mol. The summed E-state index contributed by atoms with van der Waals surface area (Å²) in [6.07, 6.45) is 11.6. The zero-order valence-electron chi connectivity index (χ0n) is 16.2. The fourth-order valence-corrected chi connectivity index (χ4v) is 4.60. The molecule has 1 aromatic rings. The third kappa shape index (κ3) is 4.84. The maximum atomic E-state index is 12.5. The summed E-state index contributed by atoms with van der Waals surface area (Å²) in [6.45, 7) is 2.77. The van der Waals surface area contributed by atoms with E-state index in [0.29, 0.717) is 24.5 Å². The van der Waals surface area contributed by atoms with Gasteiger partial charge >= 0.3 is 0 Å². The lowest BCUT2D eigenvalue weighted by molar-refractivity contribution is -0.117. The van der Waals surface area contributed by atoms with Crippen molar-refractivity contribution in [2.24, 2.45) is 4.40 Å². The zero-order chi connectivity index (χ0) is 20.3. The molecule has 0 radical (unpaired) electrons. The van der Waals surface area contributed by atoms with Crippen LogP contribution in [0.25, 0.3) is 0 Å². The Morgan fingerprint density at radius 3 is 2.59 bits per heavy atom. The molecule has 29 heavy (non-hydrogen) atoms. The molecule has 0 bridgehead atoms. The van der Waals surface area contributed by atoms with Crippen LogP contribution in [0.1, 0.15) is 31.2 Å². The number of rotatable bonds is 4. The van der Waals surface area contributed by atoms with Crippen LogP contribution in [-0.2, 0) is 21.4 Å². The number of aromatic nitrogens is 1. The molecule has 1 aromatic heterocycles. The molecule has 3 aliphatic rings. The van der Waals surface area contributed by atoms with Crippen molar-refractivity contribution in [2.45, 2.75) is 32.2 Å². The fourth-order valence-electron chi connectivity index (χ4n) is 3.63. The van der Waals surface area contributed by atoms with Gasteiger partial charge in [-0.1, -0.05) is 18.9 Å². The first kappa shape index (κ1) is 19.6. The number of nitrogens with zero attached hydrogens (tertiary/aromatic N) is 4. The van der Waals surface area contributed by atoms with Gasteiger partial charge in [-0.15, -0.1) is 4.40 Å². The summed E-state index contributed by atoms with van der Waals surface area (Å²) >= 11 is 0. The Bertz CT molecular complexity index is 958. The van der Waals surface area contributed by atoms with Gasteiger partial charge in [0.1, 0.15) is 11.7 Å². The van der Waals surface area contributed by atoms with Crippen molar-refractivity contribution in [3.63, 3.8) is 0 Å². The minimum atomic E-state index is -3.40. The van der Waals surface area contributed by atoms with E-state index in [9.17, 15) is 13.2 Å². The summed E-state index contributed by atoms with van der Waals surface area (Å²) in [5.74, 6) is 1.07. The van der Waals surface area contributed by atoms with Crippen LogP contribution in [0.15, 0.2) is 46.7 Å². The first-order valence-electron chi connectivity index (χ1n) is 9.97. The van der Waals surface area contributed by atoms with E-state index in [2.05, 4.69) is 19.6 Å². The predicted molar refractivity (Wildman–Crippen MR) is 112 cm³/mol. The number of carbonyl (C=O) groups is 1. The molecule has 1 fully saturated rings. The number of amidine groups is 1. The molecule has 0 atom stereocenters. The van der Waals surface area contributed by atoms with Gasteiger partial charge in [-0.3, -0.25) is 4.79 Å². The molecule has 4 heterocycles. The molecule has 4 rings (SSSR count). The number of hydrogen-bond acceptors (Lipinski definition) is 6. The van der Waals surface area contributed by atoms with Gasteiger partial charge in [-0.2, -0.15) is 0 Å². The van der Waals surface area contributed by atoms with Crippen LogP contribution in [0.4, 0.5) is 5.82 Å². The molecule has 0 aliphatic carbocycles. The average molecular weight is 416 g/mol. The van der Waals surface area contributed by atoms with Crippen molar-refractivity contribution in [3.8, 4) is 0 Å². The van der Waals surface area contributed by atoms with Crippen molar-refractivity contribution in [2.75, 3.05) is 30.3 Å². The van der Waals surface area contributed by atoms with E-state index >= 15 is 0 Å². The van der Waals surface area contributed by atoms with E-state index in [1.54, 1.807) is 23.3 Å². The van der Waals surface area contributed by atoms with Gasteiger partial charge in [-0.25, -0.2) is 13.4 Å². The molecular weight excluding hydrogens is 390 g/mol. The molecule has 0 unspecified atom stereocenters. The van der Waals surface area contributed by atoms with E-state index in [1.165, 1.54) is 25.7 Å². The molecular formula is C20H25N5O3S. The minimum absolute atomic E-state index is 0.0508. The Morgan fingerprint density at radius 2 is 1.86 bits per heavy atom. The predicted octanol–water partition coefficient (Wildman–Crippen LogP) is 1.58. The highest BCUT2D eigenvalue weighted by atomic mass is 32.2. The highest BCUT2D eigenvalue weighted by Crippen LogP contribution is 2.18. The smallest absolute Gasteiger partial charge is 0.256 e. The Hall–Kier alpha value is -2.68. The van der Waals surface area contributed by atoms with E-state index in [4.69, 9.17) is 0 Å². The first-order chi connectivity index (χ1) is 14.0. The van der Waals surface area contributed by atoms with Crippen molar-refractivity contribution in [1.29, 1.82) is 0 Å². The minimum Gasteiger partial charge on any atom is -0.357 e. The Morgan fingerprint density at radius 1 is 1.07 bits per heavy atom. The van der Waals surface area contributed by atoms with Crippen molar-refractivity contribution in [1.82, 2.24) is 15.2 Å². The second kappa shape index (κ2) is 8.36. The molecule has 1 N–H and O–H groups in total. The molecule has 1 saturated heterocycles. The van der Waals surface area contributed by atoms with Gasteiger partial charge in [0.2, 0.25) is 0 Å². The number of anilines is 1. The van der Waals surface area contributed by atoms with E-state index in [0.717, 1.165) is 24.5 Å². The van der Waals surface area contributed by atoms with Gasteiger partial charge in [0.25, 0.3) is 15.9 Å². The second-order valence-electron chi connectivity index (χ2n) is 7.46. The number of nitrogens with one attached hydrogen (secondary N) is 1. The van der Waals surface area contributed by atoms with Crippen LogP contribution in [0, 0.1) is 0 Å². The molecule has 0 aromatic carbocycles. The summed E-state index contributed by atoms with van der Waals surface area (Å²) in [6, 6.07) is 4.02. The topological polar surface area (TPSA) is 95.0 Å². The standard InChI is InChI=1S/C20H25N5O3S/c26-20(17-6-8-19-23-29(27,28)12-11-25(19)15-17)22-14-16-5-7-18(21-13-16)24-9-3-1-2-4-10-24/h5-8,13,15H,1-4,9-12,14H2,(H,22,26). The highest BCUT2D eigenvalue weighted by Gasteiger charge is 2.24. The number of carbonyl (C=O) groups excluding carboxylic acids is 1. The Labute approximate surface area is 171 Å². The van der Waals surface area contributed by atoms with Gasteiger partial charge < -0.3 is 15.1 Å². The maximum Gasteiger partial charge on any atom is 0.256 e. The number of hydrogen-bond donors (Lipinski definition) is 1. The lowest BCUT2D eigenvalue weighted by atomic mass is 10.1. The molecule has 154 valence electrons. The van der Waals surface area contributed by atoms with E-state index in [-0.39, 0.29) is 11.7 Å². The third-order valence-electron chi connectivity index (χ3n) is 5.28. The van der Waals surface area contributed by atoms with Crippen molar-refractivity contribution >= 4 is 27.6 Å². The largest absolute Gasteiger partial charge is 0.357 e. The van der Waals surface area contributed by atoms with E-state index in [1.807, 2.05) is 18.3 Å². The van der Waals surface area contributed by atoms with Crippen LogP contribution >= 0.6 is 0 Å². The summed E-state index contributed by atoms with van der Waals surface area (Å²) in [7, 11) is -3.40. The van der Waals surface area contributed by atoms with Gasteiger partial charge in [0, 0.05) is 38.6 Å². The first-order valence-corrected chi connectivity index (χ1v) is 11.6. The van der Waals surface area contributed by atoms with E-state index < -0.39 is 10.0 Å². The maximum absolute atomic E-state index is 12.5. The zero-order valence-corrected chi connectivity index (χ0v) is 17.1. The quantitative estimate of drug-likeness (QED) is 0.802. The lowest BCUT2D eigenvalue weighted by Gasteiger charge is -2.27. The van der Waals surface area contributed by atoms with Crippen LogP contribution in [-0.4, -0.2) is 55.4 Å². The summed E-state index contributed by atoms with van der Waals surface area (Å²) in [5, 5.41) is 2.89. The highest BCUT2D eigenvalue weighted by molar-refractivity contribution is 7.90. The number of sulfonamides is 1. The number of fused-ring (bicyclic) bond motifs is 1.